The molecular weight excluding hydrogens is 332 g/mol. The molecule has 0 bridgehead atoms. The SMILES string of the molecule is O=C(Cc1cccc2ccccc12)NNC(=O)c1ccc(Cl)s1. The van der Waals surface area contributed by atoms with Gasteiger partial charge in [0, 0.05) is 0 Å². The number of nitrogens with one attached hydrogen (secondary N) is 2. The number of carbonyl (C=O) groups excluding carboxylic acids is 2. The lowest BCUT2D eigenvalue weighted by Crippen LogP contribution is -2.42. The first-order valence-electron chi connectivity index (χ1n) is 6.94. The lowest BCUT2D eigenvalue weighted by molar-refractivity contribution is -0.121. The average molecular weight is 345 g/mol. The molecule has 0 radical (unpaired) electrons. The van der Waals surface area contributed by atoms with E-state index in [1.165, 1.54) is 0 Å². The normalized spacial score (nSPS) is 10.5. The van der Waals surface area contributed by atoms with E-state index in [0.717, 1.165) is 27.7 Å². The molecule has 4 nitrogen and oxygen atoms in total. The predicted octanol–water partition coefficient (Wildman–Crippen LogP) is 3.56. The van der Waals surface area contributed by atoms with Gasteiger partial charge in [0.15, 0.2) is 0 Å². The number of thiophene rings is 1. The van der Waals surface area contributed by atoms with Crippen molar-refractivity contribution in [1.29, 1.82) is 0 Å². The average Bonchev–Trinajstić information content (AvgIpc) is 2.99. The Morgan fingerprint density at radius 2 is 1.74 bits per heavy atom. The molecule has 0 aliphatic carbocycles. The summed E-state index contributed by atoms with van der Waals surface area (Å²) in [5, 5.41) is 2.11. The molecule has 0 aliphatic heterocycles. The quantitative estimate of drug-likeness (QED) is 0.714. The molecule has 23 heavy (non-hydrogen) atoms. The molecule has 1 heterocycles. The van der Waals surface area contributed by atoms with Gasteiger partial charge in [-0.15, -0.1) is 11.3 Å². The fourth-order valence-corrected chi connectivity index (χ4v) is 3.23. The Kier molecular flexibility index (Phi) is 4.60. The van der Waals surface area contributed by atoms with Crippen LogP contribution in [0.4, 0.5) is 0 Å². The van der Waals surface area contributed by atoms with Crippen LogP contribution in [-0.4, -0.2) is 11.8 Å². The minimum absolute atomic E-state index is 0.187. The molecule has 0 unspecified atom stereocenters. The summed E-state index contributed by atoms with van der Waals surface area (Å²) in [4.78, 5) is 24.3. The number of carbonyl (C=O) groups is 2. The summed E-state index contributed by atoms with van der Waals surface area (Å²) >= 11 is 6.94. The van der Waals surface area contributed by atoms with E-state index in [1.54, 1.807) is 12.1 Å². The number of rotatable bonds is 3. The Balaban J connectivity index is 1.64. The van der Waals surface area contributed by atoms with Gasteiger partial charge in [0.1, 0.15) is 0 Å². The van der Waals surface area contributed by atoms with Gasteiger partial charge in [-0.25, -0.2) is 0 Å². The predicted molar refractivity (Wildman–Crippen MR) is 92.6 cm³/mol. The molecule has 116 valence electrons. The highest BCUT2D eigenvalue weighted by Crippen LogP contribution is 2.21. The van der Waals surface area contributed by atoms with Crippen LogP contribution in [0.5, 0.6) is 0 Å². The highest BCUT2D eigenvalue weighted by Gasteiger charge is 2.11. The second kappa shape index (κ2) is 6.81. The van der Waals surface area contributed by atoms with Crippen molar-refractivity contribution in [2.45, 2.75) is 6.42 Å². The maximum atomic E-state index is 12.0. The fourth-order valence-electron chi connectivity index (χ4n) is 2.29. The summed E-state index contributed by atoms with van der Waals surface area (Å²) in [5.74, 6) is -0.662. The minimum Gasteiger partial charge on any atom is -0.273 e. The summed E-state index contributed by atoms with van der Waals surface area (Å²) in [6.45, 7) is 0. The number of hydrazine groups is 1. The molecule has 0 atom stereocenters. The molecule has 2 amide bonds. The third-order valence-corrected chi connectivity index (χ3v) is 4.57. The molecular formula is C17H13ClN2O2S. The smallest absolute Gasteiger partial charge is 0.273 e. The van der Waals surface area contributed by atoms with Crippen molar-refractivity contribution in [3.63, 3.8) is 0 Å². The molecule has 0 saturated heterocycles. The van der Waals surface area contributed by atoms with Gasteiger partial charge in [0.25, 0.3) is 5.91 Å². The summed E-state index contributed by atoms with van der Waals surface area (Å²) in [7, 11) is 0. The summed E-state index contributed by atoms with van der Waals surface area (Å²) in [6.07, 6.45) is 0.187. The van der Waals surface area contributed by atoms with Crippen LogP contribution >= 0.6 is 22.9 Å². The summed E-state index contributed by atoms with van der Waals surface area (Å²) in [6, 6.07) is 16.9. The molecule has 0 aliphatic rings. The molecule has 1 aromatic heterocycles. The van der Waals surface area contributed by atoms with Crippen molar-refractivity contribution in [2.75, 3.05) is 0 Å². The van der Waals surface area contributed by atoms with E-state index in [2.05, 4.69) is 10.9 Å². The Morgan fingerprint density at radius 3 is 2.52 bits per heavy atom. The van der Waals surface area contributed by atoms with Crippen LogP contribution < -0.4 is 10.9 Å². The molecule has 0 saturated carbocycles. The Labute approximate surface area is 142 Å². The number of hydrogen-bond donors (Lipinski definition) is 2. The van der Waals surface area contributed by atoms with Crippen LogP contribution in [0.15, 0.2) is 54.6 Å². The van der Waals surface area contributed by atoms with E-state index in [9.17, 15) is 9.59 Å². The van der Waals surface area contributed by atoms with Crippen molar-refractivity contribution >= 4 is 45.5 Å². The Hall–Kier alpha value is -2.37. The molecule has 6 heteroatoms. The number of hydrogen-bond acceptors (Lipinski definition) is 3. The third-order valence-electron chi connectivity index (χ3n) is 3.34. The van der Waals surface area contributed by atoms with Gasteiger partial charge in [-0.2, -0.15) is 0 Å². The molecule has 2 aromatic carbocycles. The van der Waals surface area contributed by atoms with Gasteiger partial charge in [-0.05, 0) is 28.5 Å². The van der Waals surface area contributed by atoms with E-state index in [-0.39, 0.29) is 18.2 Å². The molecule has 2 N–H and O–H groups in total. The lowest BCUT2D eigenvalue weighted by Gasteiger charge is -2.08. The molecule has 3 rings (SSSR count). The zero-order chi connectivity index (χ0) is 16.2. The summed E-state index contributed by atoms with van der Waals surface area (Å²) in [5.41, 5.74) is 5.73. The first-order chi connectivity index (χ1) is 11.1. The number of amides is 2. The van der Waals surface area contributed by atoms with E-state index < -0.39 is 0 Å². The van der Waals surface area contributed by atoms with Gasteiger partial charge in [0.2, 0.25) is 5.91 Å². The molecule has 0 spiro atoms. The van der Waals surface area contributed by atoms with Crippen LogP contribution in [0.2, 0.25) is 4.34 Å². The highest BCUT2D eigenvalue weighted by molar-refractivity contribution is 7.17. The highest BCUT2D eigenvalue weighted by atomic mass is 35.5. The Bertz CT molecular complexity index is 870. The van der Waals surface area contributed by atoms with Crippen molar-refractivity contribution in [1.82, 2.24) is 10.9 Å². The van der Waals surface area contributed by atoms with Crippen LogP contribution in [0.3, 0.4) is 0 Å². The van der Waals surface area contributed by atoms with Gasteiger partial charge in [-0.1, -0.05) is 54.1 Å². The zero-order valence-corrected chi connectivity index (χ0v) is 13.6. The maximum absolute atomic E-state index is 12.0. The van der Waals surface area contributed by atoms with E-state index in [0.29, 0.717) is 9.21 Å². The number of fused-ring (bicyclic) bond motifs is 1. The van der Waals surface area contributed by atoms with Crippen LogP contribution in [0.25, 0.3) is 10.8 Å². The van der Waals surface area contributed by atoms with Crippen molar-refractivity contribution in [3.8, 4) is 0 Å². The van der Waals surface area contributed by atoms with E-state index in [4.69, 9.17) is 11.6 Å². The minimum atomic E-state index is -0.381. The summed E-state index contributed by atoms with van der Waals surface area (Å²) < 4.78 is 0.525. The first kappa shape index (κ1) is 15.5. The van der Waals surface area contributed by atoms with Gasteiger partial charge >= 0.3 is 0 Å². The topological polar surface area (TPSA) is 58.2 Å². The first-order valence-corrected chi connectivity index (χ1v) is 8.14. The lowest BCUT2D eigenvalue weighted by atomic mass is 10.0. The van der Waals surface area contributed by atoms with Gasteiger partial charge in [-0.3, -0.25) is 20.4 Å². The van der Waals surface area contributed by atoms with E-state index in [1.807, 2.05) is 42.5 Å². The third kappa shape index (κ3) is 3.70. The van der Waals surface area contributed by atoms with Crippen molar-refractivity contribution in [3.05, 3.63) is 69.4 Å². The number of benzene rings is 2. The van der Waals surface area contributed by atoms with Gasteiger partial charge in [0.05, 0.1) is 15.6 Å². The van der Waals surface area contributed by atoms with Crippen LogP contribution in [0, 0.1) is 0 Å². The standard InChI is InChI=1S/C17H13ClN2O2S/c18-15-9-8-14(23-15)17(22)20-19-16(21)10-12-6-3-5-11-4-1-2-7-13(11)12/h1-9H,10H2,(H,19,21)(H,20,22). The Morgan fingerprint density at radius 1 is 0.957 bits per heavy atom. The van der Waals surface area contributed by atoms with Crippen molar-refractivity contribution < 1.29 is 9.59 Å². The van der Waals surface area contributed by atoms with Crippen molar-refractivity contribution in [2.24, 2.45) is 0 Å². The molecule has 3 aromatic rings. The van der Waals surface area contributed by atoms with Crippen LogP contribution in [-0.2, 0) is 11.2 Å². The monoisotopic (exact) mass is 344 g/mol. The second-order valence-electron chi connectivity index (χ2n) is 4.92. The maximum Gasteiger partial charge on any atom is 0.279 e. The largest absolute Gasteiger partial charge is 0.279 e. The van der Waals surface area contributed by atoms with Gasteiger partial charge < -0.3 is 0 Å². The van der Waals surface area contributed by atoms with E-state index >= 15 is 0 Å². The number of halogens is 1. The fraction of sp³-hybridized carbons (Fsp3) is 0.0588. The van der Waals surface area contributed by atoms with Crippen LogP contribution in [0.1, 0.15) is 15.2 Å². The zero-order valence-electron chi connectivity index (χ0n) is 12.0. The molecule has 0 fully saturated rings. The second-order valence-corrected chi connectivity index (χ2v) is 6.64.